The average molecular weight is 307 g/mol. The van der Waals surface area contributed by atoms with Crippen LogP contribution in [0.5, 0.6) is 0 Å². The first-order chi connectivity index (χ1) is 11.3. The number of H-pyrrole nitrogens is 1. The Morgan fingerprint density at radius 3 is 2.61 bits per heavy atom. The maximum atomic E-state index is 12.8. The number of amides is 1. The van der Waals surface area contributed by atoms with Crippen LogP contribution < -0.4 is 0 Å². The van der Waals surface area contributed by atoms with Crippen molar-refractivity contribution in [3.8, 4) is 0 Å². The standard InChI is InChI=1S/C19H21N3O/c1-2-21-9-11-22(12-10-21)19(23)18-13-16-15-6-4-3-5-14(15)7-8-17(16)20-18/h3-8,13,20H,2,9-12H2,1H3. The smallest absolute Gasteiger partial charge is 0.270 e. The first-order valence-corrected chi connectivity index (χ1v) is 8.28. The predicted octanol–water partition coefficient (Wildman–Crippen LogP) is 3.10. The van der Waals surface area contributed by atoms with Gasteiger partial charge in [-0.1, -0.05) is 37.3 Å². The topological polar surface area (TPSA) is 39.3 Å². The molecule has 0 saturated carbocycles. The minimum atomic E-state index is 0.112. The van der Waals surface area contributed by atoms with Crippen molar-refractivity contribution in [2.75, 3.05) is 32.7 Å². The van der Waals surface area contributed by atoms with Crippen LogP contribution in [0.4, 0.5) is 0 Å². The zero-order valence-corrected chi connectivity index (χ0v) is 13.4. The van der Waals surface area contributed by atoms with Crippen LogP contribution in [0, 0.1) is 0 Å². The lowest BCUT2D eigenvalue weighted by Gasteiger charge is -2.33. The number of hydrogen-bond acceptors (Lipinski definition) is 2. The molecule has 1 saturated heterocycles. The van der Waals surface area contributed by atoms with Gasteiger partial charge in [-0.3, -0.25) is 4.79 Å². The lowest BCUT2D eigenvalue weighted by molar-refractivity contribution is 0.0638. The quantitative estimate of drug-likeness (QED) is 0.790. The van der Waals surface area contributed by atoms with E-state index in [9.17, 15) is 4.79 Å². The van der Waals surface area contributed by atoms with Gasteiger partial charge in [0.1, 0.15) is 5.69 Å². The number of nitrogens with zero attached hydrogens (tertiary/aromatic N) is 2. The zero-order valence-electron chi connectivity index (χ0n) is 13.4. The van der Waals surface area contributed by atoms with Crippen molar-refractivity contribution in [3.63, 3.8) is 0 Å². The number of piperazine rings is 1. The van der Waals surface area contributed by atoms with E-state index in [1.54, 1.807) is 0 Å². The van der Waals surface area contributed by atoms with E-state index in [4.69, 9.17) is 0 Å². The molecule has 1 amide bonds. The number of fused-ring (bicyclic) bond motifs is 3. The number of benzene rings is 2. The molecule has 1 aliphatic heterocycles. The molecule has 0 aliphatic carbocycles. The summed E-state index contributed by atoms with van der Waals surface area (Å²) in [7, 11) is 0. The van der Waals surface area contributed by atoms with Crippen molar-refractivity contribution in [1.29, 1.82) is 0 Å². The summed E-state index contributed by atoms with van der Waals surface area (Å²) in [6.07, 6.45) is 0. The number of aromatic amines is 1. The van der Waals surface area contributed by atoms with Crippen molar-refractivity contribution in [2.24, 2.45) is 0 Å². The minimum Gasteiger partial charge on any atom is -0.351 e. The first kappa shape index (κ1) is 14.3. The molecule has 4 nitrogen and oxygen atoms in total. The van der Waals surface area contributed by atoms with Crippen LogP contribution in [0.3, 0.4) is 0 Å². The van der Waals surface area contributed by atoms with Gasteiger partial charge in [0.15, 0.2) is 0 Å². The Morgan fingerprint density at radius 1 is 1.04 bits per heavy atom. The molecular weight excluding hydrogens is 286 g/mol. The van der Waals surface area contributed by atoms with Gasteiger partial charge in [0.25, 0.3) is 5.91 Å². The lowest BCUT2D eigenvalue weighted by Crippen LogP contribution is -2.48. The molecule has 0 unspecified atom stereocenters. The fourth-order valence-electron chi connectivity index (χ4n) is 3.44. The van der Waals surface area contributed by atoms with E-state index in [0.717, 1.165) is 43.6 Å². The van der Waals surface area contributed by atoms with Gasteiger partial charge in [-0.25, -0.2) is 0 Å². The number of hydrogen-bond donors (Lipinski definition) is 1. The van der Waals surface area contributed by atoms with Crippen molar-refractivity contribution >= 4 is 27.6 Å². The van der Waals surface area contributed by atoms with E-state index in [1.165, 1.54) is 10.8 Å². The summed E-state index contributed by atoms with van der Waals surface area (Å²) >= 11 is 0. The molecule has 1 aliphatic rings. The molecule has 1 aromatic heterocycles. The van der Waals surface area contributed by atoms with Gasteiger partial charge in [0.2, 0.25) is 0 Å². The second-order valence-electron chi connectivity index (χ2n) is 6.16. The zero-order chi connectivity index (χ0) is 15.8. The molecule has 0 bridgehead atoms. The third kappa shape index (κ3) is 2.49. The van der Waals surface area contributed by atoms with Crippen LogP contribution in [0.1, 0.15) is 17.4 Å². The first-order valence-electron chi connectivity index (χ1n) is 8.28. The molecule has 0 radical (unpaired) electrons. The van der Waals surface area contributed by atoms with Crippen LogP contribution in [0.25, 0.3) is 21.7 Å². The summed E-state index contributed by atoms with van der Waals surface area (Å²) in [5.74, 6) is 0.112. The molecule has 1 fully saturated rings. The van der Waals surface area contributed by atoms with E-state index in [2.05, 4.69) is 41.1 Å². The summed E-state index contributed by atoms with van der Waals surface area (Å²) in [6, 6.07) is 14.5. The van der Waals surface area contributed by atoms with Crippen molar-refractivity contribution in [2.45, 2.75) is 6.92 Å². The van der Waals surface area contributed by atoms with Crippen LogP contribution in [-0.4, -0.2) is 53.4 Å². The van der Waals surface area contributed by atoms with E-state index >= 15 is 0 Å². The fraction of sp³-hybridized carbons (Fsp3) is 0.316. The molecule has 2 heterocycles. The summed E-state index contributed by atoms with van der Waals surface area (Å²) in [5.41, 5.74) is 1.72. The molecule has 1 N–H and O–H groups in total. The van der Waals surface area contributed by atoms with Crippen LogP contribution in [-0.2, 0) is 0 Å². The highest BCUT2D eigenvalue weighted by Gasteiger charge is 2.22. The average Bonchev–Trinajstić information content (AvgIpc) is 3.06. The second kappa shape index (κ2) is 5.70. The third-order valence-corrected chi connectivity index (χ3v) is 4.87. The van der Waals surface area contributed by atoms with Gasteiger partial charge >= 0.3 is 0 Å². The van der Waals surface area contributed by atoms with Gasteiger partial charge in [0.05, 0.1) is 0 Å². The molecule has 23 heavy (non-hydrogen) atoms. The van der Waals surface area contributed by atoms with Crippen LogP contribution >= 0.6 is 0 Å². The predicted molar refractivity (Wildman–Crippen MR) is 93.8 cm³/mol. The molecule has 4 rings (SSSR count). The van der Waals surface area contributed by atoms with E-state index in [1.807, 2.05) is 23.1 Å². The third-order valence-electron chi connectivity index (χ3n) is 4.87. The molecule has 0 spiro atoms. The number of likely N-dealkylation sites (N-methyl/N-ethyl adjacent to an activating group) is 1. The highest BCUT2D eigenvalue weighted by Crippen LogP contribution is 2.26. The number of carbonyl (C=O) groups is 1. The summed E-state index contributed by atoms with van der Waals surface area (Å²) in [5, 5.41) is 3.52. The Labute approximate surface area is 135 Å². The molecule has 3 aromatic rings. The number of rotatable bonds is 2. The second-order valence-corrected chi connectivity index (χ2v) is 6.16. The Bertz CT molecular complexity index is 859. The summed E-state index contributed by atoms with van der Waals surface area (Å²) in [6.45, 7) is 6.77. The lowest BCUT2D eigenvalue weighted by atomic mass is 10.1. The van der Waals surface area contributed by atoms with Crippen molar-refractivity contribution in [1.82, 2.24) is 14.8 Å². The molecular formula is C19H21N3O. The highest BCUT2D eigenvalue weighted by molar-refractivity contribution is 6.09. The van der Waals surface area contributed by atoms with E-state index in [0.29, 0.717) is 5.69 Å². The monoisotopic (exact) mass is 307 g/mol. The Balaban J connectivity index is 1.67. The Hall–Kier alpha value is -2.33. The number of carbonyl (C=O) groups excluding carboxylic acids is 1. The van der Waals surface area contributed by atoms with Gasteiger partial charge in [-0.2, -0.15) is 0 Å². The Morgan fingerprint density at radius 2 is 1.83 bits per heavy atom. The van der Waals surface area contributed by atoms with Crippen molar-refractivity contribution in [3.05, 3.63) is 48.2 Å². The maximum absolute atomic E-state index is 12.8. The summed E-state index contributed by atoms with van der Waals surface area (Å²) in [4.78, 5) is 20.4. The van der Waals surface area contributed by atoms with Crippen molar-refractivity contribution < 1.29 is 4.79 Å². The van der Waals surface area contributed by atoms with Crippen LogP contribution in [0.15, 0.2) is 42.5 Å². The van der Waals surface area contributed by atoms with Gasteiger partial charge in [0, 0.05) is 37.1 Å². The fourth-order valence-corrected chi connectivity index (χ4v) is 3.44. The van der Waals surface area contributed by atoms with Gasteiger partial charge in [-0.15, -0.1) is 0 Å². The number of nitrogens with one attached hydrogen (secondary N) is 1. The molecule has 0 atom stereocenters. The molecule has 4 heteroatoms. The van der Waals surface area contributed by atoms with E-state index < -0.39 is 0 Å². The normalized spacial score (nSPS) is 16.3. The van der Waals surface area contributed by atoms with E-state index in [-0.39, 0.29) is 5.91 Å². The van der Waals surface area contributed by atoms with Crippen LogP contribution in [0.2, 0.25) is 0 Å². The maximum Gasteiger partial charge on any atom is 0.270 e. The number of aromatic nitrogens is 1. The van der Waals surface area contributed by atoms with Gasteiger partial charge in [-0.05, 0) is 29.4 Å². The molecule has 118 valence electrons. The minimum absolute atomic E-state index is 0.112. The van der Waals surface area contributed by atoms with Gasteiger partial charge < -0.3 is 14.8 Å². The summed E-state index contributed by atoms with van der Waals surface area (Å²) < 4.78 is 0. The molecule has 2 aromatic carbocycles. The SMILES string of the molecule is CCN1CCN(C(=O)c2cc3c(ccc4ccccc43)[nH]2)CC1. The largest absolute Gasteiger partial charge is 0.351 e. The Kier molecular flexibility index (Phi) is 3.54. The highest BCUT2D eigenvalue weighted by atomic mass is 16.2.